The summed E-state index contributed by atoms with van der Waals surface area (Å²) in [5, 5.41) is 5.51. The van der Waals surface area contributed by atoms with Crippen molar-refractivity contribution < 1.29 is 18.7 Å². The molecule has 9 heteroatoms. The number of rotatable bonds is 3. The number of carbonyl (C=O) groups is 1. The number of nitrogens with two attached hydrogens (primary N) is 2. The fourth-order valence-electron chi connectivity index (χ4n) is 2.35. The van der Waals surface area contributed by atoms with Crippen LogP contribution in [0.25, 0.3) is 10.9 Å². The predicted octanol–water partition coefficient (Wildman–Crippen LogP) is 3.30. The quantitative estimate of drug-likeness (QED) is 0.316. The average Bonchev–Trinajstić information content (AvgIpc) is 2.98. The lowest BCUT2D eigenvalue weighted by molar-refractivity contribution is 0.0533. The Balaban J connectivity index is 1.85. The van der Waals surface area contributed by atoms with E-state index in [0.717, 1.165) is 5.12 Å². The number of hydrogen-bond donors (Lipinski definition) is 2. The van der Waals surface area contributed by atoms with E-state index in [1.165, 1.54) is 23.1 Å². The third kappa shape index (κ3) is 4.09. The van der Waals surface area contributed by atoms with E-state index in [-0.39, 0.29) is 5.75 Å². The Morgan fingerprint density at radius 2 is 1.96 bits per heavy atom. The minimum absolute atomic E-state index is 0.0464. The van der Waals surface area contributed by atoms with Crippen molar-refractivity contribution in [1.82, 2.24) is 9.89 Å². The number of hydrogen-bond acceptors (Lipinski definition) is 6. The van der Waals surface area contributed by atoms with Gasteiger partial charge in [-0.3, -0.25) is 0 Å². The first kappa shape index (κ1) is 18.5. The molecule has 0 atom stereocenters. The molecule has 2 aromatic carbocycles. The fraction of sp³-hybridized carbons (Fsp3) is 0.222. The molecule has 27 heavy (non-hydrogen) atoms. The van der Waals surface area contributed by atoms with Crippen molar-refractivity contribution >= 4 is 22.7 Å². The first-order valence-electron chi connectivity index (χ1n) is 8.13. The van der Waals surface area contributed by atoms with Crippen molar-refractivity contribution in [2.75, 3.05) is 10.9 Å². The second-order valence-corrected chi connectivity index (χ2v) is 6.87. The van der Waals surface area contributed by atoms with Gasteiger partial charge in [-0.1, -0.05) is 0 Å². The molecule has 0 bridgehead atoms. The number of fused-ring (bicyclic) bond motifs is 1. The Morgan fingerprint density at radius 1 is 1.22 bits per heavy atom. The van der Waals surface area contributed by atoms with Gasteiger partial charge in [-0.25, -0.2) is 15.0 Å². The highest BCUT2D eigenvalue weighted by Gasteiger charge is 2.23. The lowest BCUT2D eigenvalue weighted by Crippen LogP contribution is -2.49. The van der Waals surface area contributed by atoms with Gasteiger partial charge in [0.2, 0.25) is 0 Å². The van der Waals surface area contributed by atoms with Crippen molar-refractivity contribution in [3.05, 3.63) is 48.4 Å². The highest BCUT2D eigenvalue weighted by Crippen LogP contribution is 2.28. The lowest BCUT2D eigenvalue weighted by Gasteiger charge is -2.24. The van der Waals surface area contributed by atoms with E-state index in [1.807, 2.05) is 0 Å². The third-order valence-electron chi connectivity index (χ3n) is 3.49. The summed E-state index contributed by atoms with van der Waals surface area (Å²) in [6.07, 6.45) is 0.753. The van der Waals surface area contributed by atoms with E-state index in [2.05, 4.69) is 5.10 Å². The van der Waals surface area contributed by atoms with Crippen LogP contribution in [0.1, 0.15) is 20.8 Å². The Kier molecular flexibility index (Phi) is 4.63. The Morgan fingerprint density at radius 3 is 2.63 bits per heavy atom. The zero-order valence-electron chi connectivity index (χ0n) is 15.1. The molecular formula is C18H20FN5O3. The molecule has 1 heterocycles. The molecule has 3 aromatic rings. The van der Waals surface area contributed by atoms with Gasteiger partial charge >= 0.3 is 6.09 Å². The number of hydrazine groups is 1. The number of aromatic nitrogens is 2. The fourth-order valence-corrected chi connectivity index (χ4v) is 2.35. The van der Waals surface area contributed by atoms with E-state index >= 15 is 0 Å². The van der Waals surface area contributed by atoms with Crippen molar-refractivity contribution in [2.24, 2.45) is 5.84 Å². The van der Waals surface area contributed by atoms with Gasteiger partial charge in [-0.2, -0.15) is 9.89 Å². The van der Waals surface area contributed by atoms with E-state index < -0.39 is 17.5 Å². The standard InChI is InChI=1S/C18H20FN5O3/c1-18(2,3)27-17(25)23(21)24-15-6-5-13(8-11(15)10-22-24)26-16-7-4-12(20)9-14(16)19/h4-10H,20-21H2,1-3H3. The summed E-state index contributed by atoms with van der Waals surface area (Å²) in [4.78, 5) is 13.3. The zero-order valence-corrected chi connectivity index (χ0v) is 15.1. The van der Waals surface area contributed by atoms with Gasteiger partial charge in [0.15, 0.2) is 11.6 Å². The molecule has 0 spiro atoms. The Labute approximate surface area is 155 Å². The van der Waals surface area contributed by atoms with Crippen LogP contribution in [0, 0.1) is 5.82 Å². The van der Waals surface area contributed by atoms with Gasteiger partial charge in [0.25, 0.3) is 0 Å². The number of halogens is 1. The van der Waals surface area contributed by atoms with Gasteiger partial charge in [-0.05, 0) is 51.1 Å². The molecule has 1 amide bonds. The molecular weight excluding hydrogens is 353 g/mol. The van der Waals surface area contributed by atoms with E-state index in [0.29, 0.717) is 22.3 Å². The number of benzene rings is 2. The molecule has 0 fully saturated rings. The molecule has 3 rings (SSSR count). The van der Waals surface area contributed by atoms with Gasteiger partial charge in [0, 0.05) is 17.1 Å². The van der Waals surface area contributed by atoms with Crippen molar-refractivity contribution in [2.45, 2.75) is 26.4 Å². The van der Waals surface area contributed by atoms with Gasteiger partial charge < -0.3 is 15.2 Å². The largest absolute Gasteiger partial charge is 0.454 e. The minimum Gasteiger partial charge on any atom is -0.454 e. The average molecular weight is 373 g/mol. The summed E-state index contributed by atoms with van der Waals surface area (Å²) in [6, 6.07) is 9.08. The maximum absolute atomic E-state index is 13.9. The van der Waals surface area contributed by atoms with Crippen LogP contribution in [0.3, 0.4) is 0 Å². The molecule has 0 saturated carbocycles. The minimum atomic E-state index is -0.753. The topological polar surface area (TPSA) is 109 Å². The van der Waals surface area contributed by atoms with Crippen LogP contribution in [0.5, 0.6) is 11.5 Å². The van der Waals surface area contributed by atoms with Crippen molar-refractivity contribution in [1.29, 1.82) is 0 Å². The molecule has 1 aromatic heterocycles. The SMILES string of the molecule is CC(C)(C)OC(=O)N(N)n1ncc2cc(Oc3ccc(N)cc3F)ccc21. The molecule has 0 saturated heterocycles. The van der Waals surface area contributed by atoms with E-state index in [9.17, 15) is 9.18 Å². The molecule has 0 aliphatic carbocycles. The molecule has 4 N–H and O–H groups in total. The number of carbonyl (C=O) groups excluding carboxylic acids is 1. The normalized spacial score (nSPS) is 11.4. The monoisotopic (exact) mass is 373 g/mol. The predicted molar refractivity (Wildman–Crippen MR) is 99.3 cm³/mol. The van der Waals surface area contributed by atoms with Crippen molar-refractivity contribution in [3.8, 4) is 11.5 Å². The maximum atomic E-state index is 13.9. The zero-order chi connectivity index (χ0) is 19.8. The smallest absolute Gasteiger partial charge is 0.446 e. The number of ether oxygens (including phenoxy) is 2. The van der Waals surface area contributed by atoms with Crippen LogP contribution in [0.2, 0.25) is 0 Å². The molecule has 0 unspecified atom stereocenters. The summed E-state index contributed by atoms with van der Waals surface area (Å²) in [6.45, 7) is 5.21. The molecule has 0 radical (unpaired) electrons. The van der Waals surface area contributed by atoms with Crippen LogP contribution in [-0.4, -0.2) is 21.6 Å². The van der Waals surface area contributed by atoms with E-state index in [4.69, 9.17) is 21.1 Å². The summed E-state index contributed by atoms with van der Waals surface area (Å²) in [5.41, 5.74) is 5.69. The number of amides is 1. The maximum Gasteiger partial charge on any atom is 0.446 e. The van der Waals surface area contributed by atoms with Crippen LogP contribution in [0.15, 0.2) is 42.6 Å². The van der Waals surface area contributed by atoms with Crippen LogP contribution < -0.4 is 21.4 Å². The molecule has 0 aliphatic rings. The summed E-state index contributed by atoms with van der Waals surface area (Å²) >= 11 is 0. The lowest BCUT2D eigenvalue weighted by atomic mass is 10.2. The molecule has 142 valence electrons. The number of anilines is 1. The second kappa shape index (κ2) is 6.76. The summed E-state index contributed by atoms with van der Waals surface area (Å²) in [7, 11) is 0. The molecule has 0 aliphatic heterocycles. The number of nitrogens with zero attached hydrogens (tertiary/aromatic N) is 3. The van der Waals surface area contributed by atoms with Crippen LogP contribution in [-0.2, 0) is 4.74 Å². The highest BCUT2D eigenvalue weighted by molar-refractivity contribution is 5.84. The second-order valence-electron chi connectivity index (χ2n) is 6.87. The van der Waals surface area contributed by atoms with Gasteiger partial charge in [0.1, 0.15) is 11.4 Å². The highest BCUT2D eigenvalue weighted by atomic mass is 19.1. The number of nitrogen functional groups attached to an aromatic ring is 1. The van der Waals surface area contributed by atoms with Crippen molar-refractivity contribution in [3.63, 3.8) is 0 Å². The van der Waals surface area contributed by atoms with Crippen LogP contribution in [0.4, 0.5) is 14.9 Å². The summed E-state index contributed by atoms with van der Waals surface area (Å²) in [5.74, 6) is 5.69. The van der Waals surface area contributed by atoms with E-state index in [1.54, 1.807) is 45.0 Å². The van der Waals surface area contributed by atoms with Gasteiger partial charge in [-0.15, -0.1) is 5.12 Å². The third-order valence-corrected chi connectivity index (χ3v) is 3.49. The molecule has 8 nitrogen and oxygen atoms in total. The first-order chi connectivity index (χ1) is 12.6. The summed E-state index contributed by atoms with van der Waals surface area (Å²) < 4.78 is 24.7. The first-order valence-corrected chi connectivity index (χ1v) is 8.13. The Bertz CT molecular complexity index is 996. The Hall–Kier alpha value is -3.33. The van der Waals surface area contributed by atoms with Crippen LogP contribution >= 0.6 is 0 Å². The van der Waals surface area contributed by atoms with Gasteiger partial charge in [0.05, 0.1) is 11.7 Å².